The van der Waals surface area contributed by atoms with Gasteiger partial charge in [-0.2, -0.15) is 4.99 Å². The van der Waals surface area contributed by atoms with Crippen LogP contribution in [0.15, 0.2) is 50.8 Å². The molecule has 0 atom stereocenters. The zero-order valence-corrected chi connectivity index (χ0v) is 15.8. The van der Waals surface area contributed by atoms with E-state index in [0.29, 0.717) is 21.2 Å². The molecule has 0 radical (unpaired) electrons. The molecule has 0 bridgehead atoms. The van der Waals surface area contributed by atoms with Gasteiger partial charge in [-0.05, 0) is 48.2 Å². The monoisotopic (exact) mass is 440 g/mol. The highest BCUT2D eigenvalue weighted by atomic mass is 79.9. The summed E-state index contributed by atoms with van der Waals surface area (Å²) in [4.78, 5) is 15.8. The molecule has 1 aliphatic heterocycles. The average Bonchev–Trinajstić information content (AvgIpc) is 2.86. The minimum absolute atomic E-state index is 0.0387. The van der Waals surface area contributed by atoms with E-state index in [9.17, 15) is 9.18 Å². The second kappa shape index (κ2) is 7.59. The van der Waals surface area contributed by atoms with Crippen molar-refractivity contribution < 1.29 is 13.9 Å². The van der Waals surface area contributed by atoms with Crippen LogP contribution in [0, 0.1) is 5.82 Å². The maximum atomic E-state index is 13.9. The first-order valence-corrected chi connectivity index (χ1v) is 9.06. The number of hydrogen-bond acceptors (Lipinski definition) is 4. The van der Waals surface area contributed by atoms with Crippen molar-refractivity contribution in [3.63, 3.8) is 0 Å². The van der Waals surface area contributed by atoms with Gasteiger partial charge in [0, 0.05) is 15.6 Å². The summed E-state index contributed by atoms with van der Waals surface area (Å²) < 4.78 is 20.4. The van der Waals surface area contributed by atoms with E-state index in [1.165, 1.54) is 12.1 Å². The Labute approximate surface area is 161 Å². The Morgan fingerprint density at radius 2 is 2.16 bits per heavy atom. The lowest BCUT2D eigenvalue weighted by Gasteiger charge is -2.12. The summed E-state index contributed by atoms with van der Waals surface area (Å²) in [7, 11) is 0. The van der Waals surface area contributed by atoms with Crippen LogP contribution < -0.4 is 10.5 Å². The number of amidine groups is 1. The summed E-state index contributed by atoms with van der Waals surface area (Å²) in [6.45, 7) is -0.0387. The summed E-state index contributed by atoms with van der Waals surface area (Å²) in [6, 6.07) is 9.75. The van der Waals surface area contributed by atoms with E-state index in [2.05, 4.69) is 20.9 Å². The third-order valence-electron chi connectivity index (χ3n) is 3.33. The van der Waals surface area contributed by atoms with Gasteiger partial charge in [0.25, 0.3) is 5.91 Å². The number of hydrogen-bond donors (Lipinski definition) is 1. The molecule has 0 unspecified atom stereocenters. The van der Waals surface area contributed by atoms with E-state index in [1.807, 2.05) is 0 Å². The lowest BCUT2D eigenvalue weighted by Crippen LogP contribution is -2.01. The van der Waals surface area contributed by atoms with Gasteiger partial charge in [0.05, 0.1) is 9.93 Å². The van der Waals surface area contributed by atoms with Crippen LogP contribution in [0.25, 0.3) is 6.08 Å². The highest BCUT2D eigenvalue weighted by Gasteiger charge is 2.20. The fourth-order valence-electron chi connectivity index (χ4n) is 2.15. The number of carbonyl (C=O) groups is 1. The number of carbonyl (C=O) groups excluding carboxylic acids is 1. The Morgan fingerprint density at radius 1 is 1.36 bits per heavy atom. The van der Waals surface area contributed by atoms with Crippen LogP contribution in [0.3, 0.4) is 0 Å². The minimum Gasteiger partial charge on any atom is -0.488 e. The Bertz CT molecular complexity index is 897. The Balaban J connectivity index is 1.88. The van der Waals surface area contributed by atoms with Gasteiger partial charge in [0.15, 0.2) is 5.17 Å². The first-order chi connectivity index (χ1) is 11.9. The molecule has 128 valence electrons. The summed E-state index contributed by atoms with van der Waals surface area (Å²) in [5, 5.41) is 0.492. The Morgan fingerprint density at radius 3 is 2.84 bits per heavy atom. The predicted octanol–water partition coefficient (Wildman–Crippen LogP) is 4.75. The molecule has 2 N–H and O–H groups in total. The molecular formula is C17H11BrClFN2O2S. The Kier molecular flexibility index (Phi) is 5.46. The van der Waals surface area contributed by atoms with Crippen molar-refractivity contribution in [2.75, 3.05) is 0 Å². The first-order valence-electron chi connectivity index (χ1n) is 7.07. The topological polar surface area (TPSA) is 64.7 Å². The number of ether oxygens (including phenoxy) is 1. The van der Waals surface area contributed by atoms with E-state index in [4.69, 9.17) is 22.1 Å². The minimum atomic E-state index is -0.438. The molecule has 0 saturated carbocycles. The van der Waals surface area contributed by atoms with Crippen molar-refractivity contribution in [2.45, 2.75) is 6.61 Å². The van der Waals surface area contributed by atoms with Crippen molar-refractivity contribution in [2.24, 2.45) is 10.7 Å². The van der Waals surface area contributed by atoms with Gasteiger partial charge in [-0.15, -0.1) is 0 Å². The molecule has 8 heteroatoms. The molecule has 0 saturated heterocycles. The molecule has 1 amide bonds. The van der Waals surface area contributed by atoms with Crippen molar-refractivity contribution in [3.8, 4) is 5.75 Å². The molecule has 0 spiro atoms. The first kappa shape index (κ1) is 18.0. The highest BCUT2D eigenvalue weighted by Crippen LogP contribution is 2.32. The molecule has 2 aromatic carbocycles. The van der Waals surface area contributed by atoms with Crippen LogP contribution >= 0.6 is 39.3 Å². The number of amides is 1. The largest absolute Gasteiger partial charge is 0.488 e. The predicted molar refractivity (Wildman–Crippen MR) is 102 cm³/mol. The summed E-state index contributed by atoms with van der Waals surface area (Å²) in [5.74, 6) is -0.355. The quantitative estimate of drug-likeness (QED) is 0.696. The number of thioether (sulfide) groups is 1. The standard InChI is InChI=1S/C17H11BrClFN2O2S/c18-10-4-5-14(24-8-11-12(19)2-1-3-13(11)20)9(6-10)7-15-16(23)22-17(21)25-15/h1-7H,8H2,(H2,21,22,23)/b15-7+. The maximum absolute atomic E-state index is 13.9. The zero-order valence-electron chi connectivity index (χ0n) is 12.6. The Hall–Kier alpha value is -1.83. The molecule has 0 aliphatic carbocycles. The van der Waals surface area contributed by atoms with Gasteiger partial charge in [-0.25, -0.2) is 4.39 Å². The number of halogens is 3. The number of rotatable bonds is 4. The second-order valence-corrected chi connectivity index (χ2v) is 7.42. The van der Waals surface area contributed by atoms with Crippen LogP contribution in [0.2, 0.25) is 5.02 Å². The van der Waals surface area contributed by atoms with Crippen LogP contribution in [0.5, 0.6) is 5.75 Å². The van der Waals surface area contributed by atoms with Gasteiger partial charge >= 0.3 is 0 Å². The summed E-state index contributed by atoms with van der Waals surface area (Å²) in [5.41, 5.74) is 6.47. The van der Waals surface area contributed by atoms with Gasteiger partial charge in [0.1, 0.15) is 18.2 Å². The molecular weight excluding hydrogens is 431 g/mol. The van der Waals surface area contributed by atoms with E-state index in [0.717, 1.165) is 16.2 Å². The summed E-state index contributed by atoms with van der Waals surface area (Å²) >= 11 is 10.5. The van der Waals surface area contributed by atoms with Crippen LogP contribution in [-0.4, -0.2) is 11.1 Å². The van der Waals surface area contributed by atoms with Crippen LogP contribution in [-0.2, 0) is 11.4 Å². The van der Waals surface area contributed by atoms with E-state index < -0.39 is 11.7 Å². The molecule has 0 fully saturated rings. The fraction of sp³-hybridized carbons (Fsp3) is 0.0588. The molecule has 1 aliphatic rings. The van der Waals surface area contributed by atoms with Crippen molar-refractivity contribution >= 4 is 56.4 Å². The summed E-state index contributed by atoms with van der Waals surface area (Å²) in [6.07, 6.45) is 1.64. The molecule has 3 rings (SSSR count). The number of benzene rings is 2. The molecule has 2 aromatic rings. The molecule has 1 heterocycles. The van der Waals surface area contributed by atoms with Crippen molar-refractivity contribution in [1.82, 2.24) is 0 Å². The van der Waals surface area contributed by atoms with E-state index >= 15 is 0 Å². The van der Waals surface area contributed by atoms with Crippen LogP contribution in [0.4, 0.5) is 4.39 Å². The second-order valence-electron chi connectivity index (χ2n) is 5.04. The fourth-order valence-corrected chi connectivity index (χ4v) is 3.42. The highest BCUT2D eigenvalue weighted by molar-refractivity contribution is 9.10. The van der Waals surface area contributed by atoms with Crippen molar-refractivity contribution in [1.29, 1.82) is 0 Å². The van der Waals surface area contributed by atoms with Gasteiger partial charge < -0.3 is 10.5 Å². The number of nitrogens with zero attached hydrogens (tertiary/aromatic N) is 1. The van der Waals surface area contributed by atoms with E-state index in [1.54, 1.807) is 30.3 Å². The van der Waals surface area contributed by atoms with Crippen molar-refractivity contribution in [3.05, 3.63) is 67.7 Å². The van der Waals surface area contributed by atoms with Gasteiger partial charge in [-0.1, -0.05) is 33.6 Å². The average molecular weight is 442 g/mol. The third kappa shape index (κ3) is 4.23. The third-order valence-corrected chi connectivity index (χ3v) is 4.99. The normalized spacial score (nSPS) is 15.6. The lowest BCUT2D eigenvalue weighted by atomic mass is 10.1. The maximum Gasteiger partial charge on any atom is 0.286 e. The molecule has 0 aromatic heterocycles. The van der Waals surface area contributed by atoms with Crippen LogP contribution in [0.1, 0.15) is 11.1 Å². The lowest BCUT2D eigenvalue weighted by molar-refractivity contribution is -0.113. The SMILES string of the molecule is NC1=NC(=O)/C(=C\c2cc(Br)ccc2OCc2c(F)cccc2Cl)S1. The van der Waals surface area contributed by atoms with Gasteiger partial charge in [0.2, 0.25) is 0 Å². The smallest absolute Gasteiger partial charge is 0.286 e. The number of nitrogens with two attached hydrogens (primary N) is 1. The molecule has 25 heavy (non-hydrogen) atoms. The zero-order chi connectivity index (χ0) is 18.0. The number of aliphatic imine (C=N–C) groups is 1. The van der Waals surface area contributed by atoms with E-state index in [-0.39, 0.29) is 17.3 Å². The van der Waals surface area contributed by atoms with Gasteiger partial charge in [-0.3, -0.25) is 4.79 Å². The molecule has 4 nitrogen and oxygen atoms in total.